The van der Waals surface area contributed by atoms with Gasteiger partial charge in [0.2, 0.25) is 0 Å². The van der Waals surface area contributed by atoms with Crippen molar-refractivity contribution in [2.45, 2.75) is 33.7 Å². The Kier molecular flexibility index (Phi) is 4.52. The van der Waals surface area contributed by atoms with E-state index in [-0.39, 0.29) is 24.1 Å². The van der Waals surface area contributed by atoms with Gasteiger partial charge in [0.15, 0.2) is 11.5 Å². The Balaban J connectivity index is 2.51. The zero-order valence-corrected chi connectivity index (χ0v) is 13.2. The van der Waals surface area contributed by atoms with Crippen LogP contribution in [0.4, 0.5) is 0 Å². The van der Waals surface area contributed by atoms with Crippen LogP contribution in [0.2, 0.25) is 0 Å². The van der Waals surface area contributed by atoms with Gasteiger partial charge in [-0.1, -0.05) is 0 Å². The highest BCUT2D eigenvalue weighted by molar-refractivity contribution is 7.17. The highest BCUT2D eigenvalue weighted by Gasteiger charge is 2.24. The average Bonchev–Trinajstić information content (AvgIpc) is 3.05. The number of carbonyl (C=O) groups is 2. The molecule has 0 atom stereocenters. The summed E-state index contributed by atoms with van der Waals surface area (Å²) in [5, 5.41) is 0.592. The van der Waals surface area contributed by atoms with Gasteiger partial charge in [-0.05, 0) is 20.8 Å². The largest absolute Gasteiger partial charge is 0.461 e. The summed E-state index contributed by atoms with van der Waals surface area (Å²) in [6.45, 7) is 7.42. The number of nitrogens with zero attached hydrogens (tertiary/aromatic N) is 3. The van der Waals surface area contributed by atoms with Gasteiger partial charge in [0.25, 0.3) is 0 Å². The number of hydrogen-bond donors (Lipinski definition) is 0. The normalized spacial score (nSPS) is 10.9. The quantitative estimate of drug-likeness (QED) is 0.627. The van der Waals surface area contributed by atoms with Crippen LogP contribution in [0.1, 0.15) is 53.9 Å². The molecule has 6 nitrogen and oxygen atoms in total. The molecule has 0 aromatic carbocycles. The molecule has 7 heteroatoms. The van der Waals surface area contributed by atoms with E-state index in [1.54, 1.807) is 19.4 Å². The fraction of sp³-hybridized carbons (Fsp3) is 0.429. The number of esters is 1. The molecule has 0 N–H and O–H groups in total. The van der Waals surface area contributed by atoms with E-state index in [0.717, 1.165) is 5.69 Å². The lowest BCUT2D eigenvalue weighted by molar-refractivity contribution is 0.0517. The van der Waals surface area contributed by atoms with Crippen LogP contribution in [-0.4, -0.2) is 32.9 Å². The Morgan fingerprint density at radius 3 is 2.71 bits per heavy atom. The van der Waals surface area contributed by atoms with Crippen molar-refractivity contribution in [1.82, 2.24) is 14.5 Å². The van der Waals surface area contributed by atoms with Crippen LogP contribution >= 0.6 is 11.3 Å². The summed E-state index contributed by atoms with van der Waals surface area (Å²) in [6, 6.07) is 0.207. The van der Waals surface area contributed by atoms with Crippen molar-refractivity contribution in [1.29, 1.82) is 0 Å². The van der Waals surface area contributed by atoms with E-state index < -0.39 is 5.97 Å². The van der Waals surface area contributed by atoms with Crippen LogP contribution in [0.5, 0.6) is 0 Å². The van der Waals surface area contributed by atoms with Crippen molar-refractivity contribution in [2.75, 3.05) is 6.61 Å². The maximum atomic E-state index is 11.9. The molecule has 0 saturated heterocycles. The summed E-state index contributed by atoms with van der Waals surface area (Å²) in [7, 11) is 0. The number of carbonyl (C=O) groups excluding carboxylic acids is 2. The molecule has 0 aliphatic heterocycles. The van der Waals surface area contributed by atoms with E-state index in [1.807, 2.05) is 18.4 Å². The first-order chi connectivity index (χ1) is 9.95. The van der Waals surface area contributed by atoms with Crippen molar-refractivity contribution in [3.8, 4) is 10.7 Å². The molecular formula is C14H17N3O3S. The fourth-order valence-corrected chi connectivity index (χ4v) is 2.85. The smallest absolute Gasteiger partial charge is 0.358 e. The number of Topliss-reactive ketones (excluding diaryl/α,β-unsaturated/α-hetero) is 1. The Hall–Kier alpha value is -2.02. The number of rotatable bonds is 5. The minimum Gasteiger partial charge on any atom is -0.461 e. The summed E-state index contributed by atoms with van der Waals surface area (Å²) in [6.07, 6.45) is 3.39. The van der Waals surface area contributed by atoms with Gasteiger partial charge in [-0.15, -0.1) is 11.3 Å². The van der Waals surface area contributed by atoms with E-state index in [4.69, 9.17) is 4.74 Å². The molecule has 0 radical (unpaired) electrons. The molecule has 2 aromatic heterocycles. The number of imidazole rings is 1. The third-order valence-electron chi connectivity index (χ3n) is 2.86. The molecule has 112 valence electrons. The first kappa shape index (κ1) is 15.4. The standard InChI is InChI=1S/C14H17N3O3S/c1-5-20-14(19)11-12(9(4)18)21-13(16-11)10-6-15-7-17(10)8(2)3/h6-8H,5H2,1-4H3. The molecule has 0 unspecified atom stereocenters. The summed E-state index contributed by atoms with van der Waals surface area (Å²) in [5.74, 6) is -0.766. The van der Waals surface area contributed by atoms with Crippen molar-refractivity contribution in [3.63, 3.8) is 0 Å². The lowest BCUT2D eigenvalue weighted by Gasteiger charge is -2.09. The van der Waals surface area contributed by atoms with Gasteiger partial charge >= 0.3 is 5.97 Å². The van der Waals surface area contributed by atoms with Crippen LogP contribution in [0.25, 0.3) is 10.7 Å². The summed E-state index contributed by atoms with van der Waals surface area (Å²) >= 11 is 1.19. The topological polar surface area (TPSA) is 74.1 Å². The molecule has 0 spiro atoms. The number of thiazole rings is 1. The van der Waals surface area contributed by atoms with Crippen LogP contribution in [0.15, 0.2) is 12.5 Å². The first-order valence-corrected chi connectivity index (χ1v) is 7.48. The molecule has 2 rings (SSSR count). The first-order valence-electron chi connectivity index (χ1n) is 6.66. The zero-order chi connectivity index (χ0) is 15.6. The van der Waals surface area contributed by atoms with Crippen molar-refractivity contribution < 1.29 is 14.3 Å². The fourth-order valence-electron chi connectivity index (χ4n) is 1.89. The number of hydrogen-bond acceptors (Lipinski definition) is 6. The second-order valence-corrected chi connectivity index (χ2v) is 5.75. The molecule has 0 aliphatic carbocycles. The van der Waals surface area contributed by atoms with Gasteiger partial charge in [0, 0.05) is 13.0 Å². The highest BCUT2D eigenvalue weighted by atomic mass is 32.1. The van der Waals surface area contributed by atoms with E-state index >= 15 is 0 Å². The van der Waals surface area contributed by atoms with Crippen molar-refractivity contribution in [3.05, 3.63) is 23.1 Å². The lowest BCUT2D eigenvalue weighted by Crippen LogP contribution is -2.09. The second kappa shape index (κ2) is 6.17. The van der Waals surface area contributed by atoms with Gasteiger partial charge < -0.3 is 9.30 Å². The minimum absolute atomic E-state index is 0.0841. The average molecular weight is 307 g/mol. The Bertz CT molecular complexity index is 673. The van der Waals surface area contributed by atoms with Gasteiger partial charge in [0.05, 0.1) is 24.8 Å². The SMILES string of the molecule is CCOC(=O)c1nc(-c2cncn2C(C)C)sc1C(C)=O. The highest BCUT2D eigenvalue weighted by Crippen LogP contribution is 2.30. The third kappa shape index (κ3) is 3.02. The number of aromatic nitrogens is 3. The Morgan fingerprint density at radius 1 is 1.43 bits per heavy atom. The van der Waals surface area contributed by atoms with Crippen molar-refractivity contribution in [2.24, 2.45) is 0 Å². The maximum Gasteiger partial charge on any atom is 0.358 e. The Labute approximate surface area is 126 Å². The summed E-state index contributed by atoms with van der Waals surface area (Å²) in [4.78, 5) is 32.4. The number of ether oxygens (including phenoxy) is 1. The Morgan fingerprint density at radius 2 is 2.14 bits per heavy atom. The van der Waals surface area contributed by atoms with Gasteiger partial charge in [-0.3, -0.25) is 4.79 Å². The molecule has 21 heavy (non-hydrogen) atoms. The molecular weight excluding hydrogens is 290 g/mol. The summed E-state index contributed by atoms with van der Waals surface area (Å²) < 4.78 is 6.90. The molecule has 2 heterocycles. The van der Waals surface area contributed by atoms with Crippen LogP contribution in [0.3, 0.4) is 0 Å². The lowest BCUT2D eigenvalue weighted by atomic mass is 10.3. The van der Waals surface area contributed by atoms with Crippen LogP contribution in [0, 0.1) is 0 Å². The molecule has 0 bridgehead atoms. The molecule has 0 fully saturated rings. The van der Waals surface area contributed by atoms with E-state index in [0.29, 0.717) is 9.88 Å². The van der Waals surface area contributed by atoms with E-state index in [1.165, 1.54) is 18.3 Å². The minimum atomic E-state index is -0.569. The monoisotopic (exact) mass is 307 g/mol. The van der Waals surface area contributed by atoms with Crippen LogP contribution in [-0.2, 0) is 4.74 Å². The van der Waals surface area contributed by atoms with Gasteiger partial charge in [0.1, 0.15) is 9.88 Å². The van der Waals surface area contributed by atoms with E-state index in [9.17, 15) is 9.59 Å². The van der Waals surface area contributed by atoms with Crippen molar-refractivity contribution >= 4 is 23.1 Å². The second-order valence-electron chi connectivity index (χ2n) is 4.75. The van der Waals surface area contributed by atoms with Gasteiger partial charge in [-0.2, -0.15) is 0 Å². The zero-order valence-electron chi connectivity index (χ0n) is 12.4. The predicted octanol–water partition coefficient (Wildman–Crippen LogP) is 2.97. The van der Waals surface area contributed by atoms with Crippen LogP contribution < -0.4 is 0 Å². The van der Waals surface area contributed by atoms with E-state index in [2.05, 4.69) is 9.97 Å². The third-order valence-corrected chi connectivity index (χ3v) is 4.04. The maximum absolute atomic E-state index is 11.9. The molecule has 0 saturated carbocycles. The number of ketones is 1. The molecule has 0 aliphatic rings. The van der Waals surface area contributed by atoms with Gasteiger partial charge in [-0.25, -0.2) is 14.8 Å². The summed E-state index contributed by atoms with van der Waals surface area (Å²) in [5.41, 5.74) is 0.869. The molecule has 0 amide bonds. The molecule has 2 aromatic rings. The predicted molar refractivity (Wildman–Crippen MR) is 79.7 cm³/mol.